The average Bonchev–Trinajstić information content (AvgIpc) is 2.45. The fraction of sp³-hybridized carbons (Fsp3) is 0.625. The Labute approximate surface area is 115 Å². The van der Waals surface area contributed by atoms with Crippen molar-refractivity contribution in [2.45, 2.75) is 45.6 Å². The maximum absolute atomic E-state index is 13.9. The summed E-state index contributed by atoms with van der Waals surface area (Å²) in [6.07, 6.45) is 6.36. The van der Waals surface area contributed by atoms with Gasteiger partial charge in [-0.15, -0.1) is 0 Å². The number of rotatable bonds is 6. The van der Waals surface area contributed by atoms with Crippen molar-refractivity contribution in [1.82, 2.24) is 5.32 Å². The predicted octanol–water partition coefficient (Wildman–Crippen LogP) is 3.89. The minimum absolute atomic E-state index is 0.244. The lowest BCUT2D eigenvalue weighted by Gasteiger charge is -2.21. The zero-order chi connectivity index (χ0) is 13.5. The number of ether oxygens (including phenoxy) is 1. The first-order valence-electron chi connectivity index (χ1n) is 7.41. The lowest BCUT2D eigenvalue weighted by Crippen LogP contribution is -2.16. The van der Waals surface area contributed by atoms with Crippen molar-refractivity contribution in [1.29, 1.82) is 0 Å². The van der Waals surface area contributed by atoms with Crippen LogP contribution in [0.1, 0.15) is 44.6 Å². The van der Waals surface area contributed by atoms with Crippen molar-refractivity contribution in [2.75, 3.05) is 13.2 Å². The van der Waals surface area contributed by atoms with Gasteiger partial charge in [0.2, 0.25) is 0 Å². The molecule has 1 aromatic rings. The second-order valence-corrected chi connectivity index (χ2v) is 5.36. The Hall–Kier alpha value is -1.09. The van der Waals surface area contributed by atoms with Crippen molar-refractivity contribution >= 4 is 0 Å². The highest BCUT2D eigenvalue weighted by molar-refractivity contribution is 5.29. The zero-order valence-electron chi connectivity index (χ0n) is 11.8. The van der Waals surface area contributed by atoms with E-state index in [1.165, 1.54) is 32.1 Å². The second-order valence-electron chi connectivity index (χ2n) is 5.36. The van der Waals surface area contributed by atoms with E-state index in [9.17, 15) is 4.39 Å². The van der Waals surface area contributed by atoms with Crippen LogP contribution >= 0.6 is 0 Å². The van der Waals surface area contributed by atoms with Gasteiger partial charge in [-0.05, 0) is 43.0 Å². The summed E-state index contributed by atoms with van der Waals surface area (Å²) in [5.41, 5.74) is 0.962. The molecule has 0 bridgehead atoms. The van der Waals surface area contributed by atoms with E-state index in [1.54, 1.807) is 12.1 Å². The van der Waals surface area contributed by atoms with Crippen LogP contribution < -0.4 is 10.1 Å². The van der Waals surface area contributed by atoms with Crippen molar-refractivity contribution in [3.05, 3.63) is 29.6 Å². The van der Waals surface area contributed by atoms with E-state index in [2.05, 4.69) is 5.32 Å². The molecule has 1 aliphatic rings. The minimum atomic E-state index is -0.244. The first-order valence-corrected chi connectivity index (χ1v) is 7.41. The molecule has 0 saturated heterocycles. The first kappa shape index (κ1) is 14.3. The summed E-state index contributed by atoms with van der Waals surface area (Å²) < 4.78 is 19.5. The van der Waals surface area contributed by atoms with E-state index in [0.29, 0.717) is 24.8 Å². The first-order chi connectivity index (χ1) is 9.29. The molecule has 0 aromatic heterocycles. The topological polar surface area (TPSA) is 21.3 Å². The van der Waals surface area contributed by atoms with Crippen LogP contribution in [-0.2, 0) is 6.54 Å². The van der Waals surface area contributed by atoms with Gasteiger partial charge in [0, 0.05) is 6.54 Å². The fourth-order valence-electron chi connectivity index (χ4n) is 2.60. The van der Waals surface area contributed by atoms with Crippen LogP contribution in [0.15, 0.2) is 18.2 Å². The van der Waals surface area contributed by atoms with Gasteiger partial charge >= 0.3 is 0 Å². The Bertz CT molecular complexity index is 388. The normalized spacial score (nSPS) is 16.5. The molecule has 3 heteroatoms. The van der Waals surface area contributed by atoms with Crippen LogP contribution in [0.4, 0.5) is 4.39 Å². The van der Waals surface area contributed by atoms with Gasteiger partial charge in [0.05, 0.1) is 6.61 Å². The van der Waals surface area contributed by atoms with E-state index in [4.69, 9.17) is 4.74 Å². The van der Waals surface area contributed by atoms with Crippen molar-refractivity contribution < 1.29 is 9.13 Å². The molecule has 0 amide bonds. The van der Waals surface area contributed by atoms with Gasteiger partial charge in [-0.25, -0.2) is 4.39 Å². The highest BCUT2D eigenvalue weighted by atomic mass is 19.1. The summed E-state index contributed by atoms with van der Waals surface area (Å²) in [6.45, 7) is 4.29. The van der Waals surface area contributed by atoms with Crippen LogP contribution in [0.3, 0.4) is 0 Å². The molecule has 1 fully saturated rings. The standard InChI is InChI=1S/C16H24FNO/c1-2-18-11-14-8-9-16(15(17)10-14)19-12-13-6-4-3-5-7-13/h8-10,13,18H,2-7,11-12H2,1H3. The van der Waals surface area contributed by atoms with E-state index >= 15 is 0 Å². The number of hydrogen-bond donors (Lipinski definition) is 1. The van der Waals surface area contributed by atoms with E-state index < -0.39 is 0 Å². The smallest absolute Gasteiger partial charge is 0.165 e. The maximum Gasteiger partial charge on any atom is 0.165 e. The van der Waals surface area contributed by atoms with E-state index in [-0.39, 0.29) is 5.82 Å². The number of hydrogen-bond acceptors (Lipinski definition) is 2. The monoisotopic (exact) mass is 265 g/mol. The fourth-order valence-corrected chi connectivity index (χ4v) is 2.60. The third-order valence-electron chi connectivity index (χ3n) is 3.77. The van der Waals surface area contributed by atoms with Gasteiger partial charge < -0.3 is 10.1 Å². The average molecular weight is 265 g/mol. The van der Waals surface area contributed by atoms with Crippen molar-refractivity contribution in [3.63, 3.8) is 0 Å². The Morgan fingerprint density at radius 3 is 2.74 bits per heavy atom. The number of halogens is 1. The summed E-state index contributed by atoms with van der Waals surface area (Å²) in [5, 5.41) is 3.19. The molecule has 2 rings (SSSR count). The van der Waals surface area contributed by atoms with Crippen molar-refractivity contribution in [2.24, 2.45) is 5.92 Å². The molecule has 0 radical (unpaired) electrons. The predicted molar refractivity (Wildman–Crippen MR) is 75.9 cm³/mol. The summed E-state index contributed by atoms with van der Waals surface area (Å²) >= 11 is 0. The summed E-state index contributed by atoms with van der Waals surface area (Å²) in [4.78, 5) is 0. The zero-order valence-corrected chi connectivity index (χ0v) is 11.8. The highest BCUT2D eigenvalue weighted by Crippen LogP contribution is 2.25. The molecule has 1 N–H and O–H groups in total. The van der Waals surface area contributed by atoms with Gasteiger partial charge in [0.1, 0.15) is 0 Å². The molecule has 19 heavy (non-hydrogen) atoms. The van der Waals surface area contributed by atoms with Gasteiger partial charge in [-0.1, -0.05) is 32.3 Å². The van der Waals surface area contributed by atoms with Crippen LogP contribution in [0.2, 0.25) is 0 Å². The molecular weight excluding hydrogens is 241 g/mol. The van der Waals surface area contributed by atoms with Crippen LogP contribution in [0, 0.1) is 11.7 Å². The molecule has 1 saturated carbocycles. The Morgan fingerprint density at radius 1 is 1.26 bits per heavy atom. The summed E-state index contributed by atoms with van der Waals surface area (Å²) in [7, 11) is 0. The van der Waals surface area contributed by atoms with Gasteiger partial charge in [0.15, 0.2) is 11.6 Å². The van der Waals surface area contributed by atoms with Crippen molar-refractivity contribution in [3.8, 4) is 5.75 Å². The van der Waals surface area contributed by atoms with Crippen LogP contribution in [-0.4, -0.2) is 13.2 Å². The van der Waals surface area contributed by atoms with Crippen LogP contribution in [0.5, 0.6) is 5.75 Å². The second kappa shape index (κ2) is 7.49. The molecule has 0 atom stereocenters. The molecule has 0 spiro atoms. The quantitative estimate of drug-likeness (QED) is 0.842. The van der Waals surface area contributed by atoms with Gasteiger partial charge in [0.25, 0.3) is 0 Å². The molecule has 1 aromatic carbocycles. The van der Waals surface area contributed by atoms with E-state index in [1.807, 2.05) is 13.0 Å². The molecule has 0 aliphatic heterocycles. The summed E-state index contributed by atoms with van der Waals surface area (Å²) in [6, 6.07) is 5.26. The molecule has 0 unspecified atom stereocenters. The summed E-state index contributed by atoms with van der Waals surface area (Å²) in [5.74, 6) is 0.756. The number of nitrogens with one attached hydrogen (secondary N) is 1. The van der Waals surface area contributed by atoms with E-state index in [0.717, 1.165) is 12.1 Å². The highest BCUT2D eigenvalue weighted by Gasteiger charge is 2.15. The Kier molecular flexibility index (Phi) is 5.64. The molecule has 106 valence electrons. The third-order valence-corrected chi connectivity index (χ3v) is 3.77. The molecule has 2 nitrogen and oxygen atoms in total. The molecular formula is C16H24FNO. The largest absolute Gasteiger partial charge is 0.490 e. The molecule has 0 heterocycles. The Balaban J connectivity index is 1.85. The lowest BCUT2D eigenvalue weighted by molar-refractivity contribution is 0.202. The molecule has 1 aliphatic carbocycles. The van der Waals surface area contributed by atoms with Gasteiger partial charge in [-0.3, -0.25) is 0 Å². The SMILES string of the molecule is CCNCc1ccc(OCC2CCCCC2)c(F)c1. The van der Waals surface area contributed by atoms with Gasteiger partial charge in [-0.2, -0.15) is 0 Å². The Morgan fingerprint density at radius 2 is 2.05 bits per heavy atom. The van der Waals surface area contributed by atoms with Crippen LogP contribution in [0.25, 0.3) is 0 Å². The lowest BCUT2D eigenvalue weighted by atomic mass is 9.90. The minimum Gasteiger partial charge on any atom is -0.490 e. The number of benzene rings is 1. The maximum atomic E-state index is 13.9. The third kappa shape index (κ3) is 4.50.